The van der Waals surface area contributed by atoms with Crippen LogP contribution in [0.15, 0.2) is 56.9 Å². The number of aromatic nitrogens is 1. The summed E-state index contributed by atoms with van der Waals surface area (Å²) >= 11 is 3.07. The summed E-state index contributed by atoms with van der Waals surface area (Å²) in [6.45, 7) is -0.0189. The van der Waals surface area contributed by atoms with Crippen LogP contribution in [0.2, 0.25) is 0 Å². The van der Waals surface area contributed by atoms with E-state index in [2.05, 4.69) is 5.32 Å². The highest BCUT2D eigenvalue weighted by Gasteiger charge is 2.55. The van der Waals surface area contributed by atoms with Gasteiger partial charge in [-0.05, 0) is 73.4 Å². The number of nitrogens with zero attached hydrogens (tertiary/aromatic N) is 1. The molecular weight excluding hydrogens is 432 g/mol. The maximum Gasteiger partial charge on any atom is 0.308 e. The molecule has 6 nitrogen and oxygen atoms in total. The molecule has 2 N–H and O–H groups in total. The van der Waals surface area contributed by atoms with Crippen molar-refractivity contribution in [2.75, 3.05) is 5.32 Å². The van der Waals surface area contributed by atoms with Gasteiger partial charge in [0, 0.05) is 10.9 Å². The summed E-state index contributed by atoms with van der Waals surface area (Å²) < 4.78 is 7.49. The zero-order valence-corrected chi connectivity index (χ0v) is 18.3. The van der Waals surface area contributed by atoms with Gasteiger partial charge >= 0.3 is 4.87 Å². The molecule has 2 fully saturated rings. The van der Waals surface area contributed by atoms with Crippen molar-refractivity contribution in [1.29, 1.82) is 0 Å². The van der Waals surface area contributed by atoms with Crippen molar-refractivity contribution in [1.82, 2.24) is 4.57 Å². The number of fused-ring (bicyclic) bond motifs is 6. The van der Waals surface area contributed by atoms with E-state index in [9.17, 15) is 14.7 Å². The van der Waals surface area contributed by atoms with Gasteiger partial charge in [-0.1, -0.05) is 11.3 Å². The van der Waals surface area contributed by atoms with Crippen molar-refractivity contribution in [2.24, 2.45) is 17.8 Å². The lowest BCUT2D eigenvalue weighted by molar-refractivity contribution is -0.116. The van der Waals surface area contributed by atoms with Gasteiger partial charge in [0.2, 0.25) is 5.91 Å². The molecule has 0 unspecified atom stereocenters. The molecule has 2 aromatic heterocycles. The number of thioether (sulfide) groups is 1. The van der Waals surface area contributed by atoms with E-state index < -0.39 is 0 Å². The Hall–Kier alpha value is -2.45. The molecule has 31 heavy (non-hydrogen) atoms. The summed E-state index contributed by atoms with van der Waals surface area (Å²) in [6, 6.07) is 10.3. The van der Waals surface area contributed by atoms with Gasteiger partial charge < -0.3 is 14.8 Å². The Morgan fingerprint density at radius 2 is 2.00 bits per heavy atom. The topological polar surface area (TPSA) is 84.5 Å². The van der Waals surface area contributed by atoms with Crippen LogP contribution in [0.25, 0.3) is 0 Å². The van der Waals surface area contributed by atoms with Crippen molar-refractivity contribution in [2.45, 2.75) is 42.0 Å². The summed E-state index contributed by atoms with van der Waals surface area (Å²) in [7, 11) is 0. The van der Waals surface area contributed by atoms with Crippen molar-refractivity contribution in [3.63, 3.8) is 0 Å². The van der Waals surface area contributed by atoms with Gasteiger partial charge in [-0.3, -0.25) is 14.2 Å². The fourth-order valence-electron chi connectivity index (χ4n) is 5.76. The summed E-state index contributed by atoms with van der Waals surface area (Å²) in [4.78, 5) is 26.6. The maximum absolute atomic E-state index is 13.0. The zero-order chi connectivity index (χ0) is 21.1. The predicted octanol–water partition coefficient (Wildman–Crippen LogP) is 4.50. The van der Waals surface area contributed by atoms with Gasteiger partial charge in [-0.2, -0.15) is 0 Å². The number of rotatable bonds is 4. The molecule has 160 valence electrons. The van der Waals surface area contributed by atoms with Crippen LogP contribution >= 0.6 is 23.1 Å². The van der Waals surface area contributed by atoms with E-state index >= 15 is 0 Å². The fraction of sp³-hybridized carbons (Fsp3) is 0.391. The maximum atomic E-state index is 13.0. The lowest BCUT2D eigenvalue weighted by Gasteiger charge is -2.39. The normalized spacial score (nSPS) is 28.3. The third kappa shape index (κ3) is 3.15. The number of nitrogens with one attached hydrogen (secondary N) is 1. The molecule has 0 radical (unpaired) electrons. The van der Waals surface area contributed by atoms with Gasteiger partial charge in [-0.15, -0.1) is 11.8 Å². The van der Waals surface area contributed by atoms with Crippen LogP contribution in [0.5, 0.6) is 5.75 Å². The van der Waals surface area contributed by atoms with E-state index in [0.717, 1.165) is 15.7 Å². The number of carbonyl (C=O) groups excluding carboxylic acids is 1. The molecule has 3 heterocycles. The monoisotopic (exact) mass is 454 g/mol. The van der Waals surface area contributed by atoms with Crippen LogP contribution in [0.3, 0.4) is 0 Å². The van der Waals surface area contributed by atoms with E-state index in [-0.39, 0.29) is 29.0 Å². The Balaban J connectivity index is 1.34. The third-order valence-electron chi connectivity index (χ3n) is 6.99. The molecule has 5 atom stereocenters. The molecule has 3 aliphatic rings. The summed E-state index contributed by atoms with van der Waals surface area (Å²) in [5.41, 5.74) is 0.592. The number of hydrogen-bond donors (Lipinski definition) is 2. The van der Waals surface area contributed by atoms with Crippen molar-refractivity contribution < 1.29 is 14.3 Å². The third-order valence-corrected chi connectivity index (χ3v) is 9.82. The fourth-order valence-corrected chi connectivity index (χ4v) is 8.89. The molecule has 2 saturated carbocycles. The first kappa shape index (κ1) is 19.3. The van der Waals surface area contributed by atoms with Crippen LogP contribution in [-0.2, 0) is 11.3 Å². The van der Waals surface area contributed by atoms with Crippen molar-refractivity contribution in [3.8, 4) is 5.75 Å². The standard InChI is InChI=1S/C23H22N2O4S2/c26-15-7-5-14(6-8-15)24-17(27)11-25-22-21(31-23(25)28)19(16-2-1-9-29-16)18-12-3-4-13(10-12)20(18)30-22/h1-2,5-9,12-13,18-20,26H,3-4,10-11H2,(H,24,27)/t12-,13-,18-,19-,20+/m0/s1. The van der Waals surface area contributed by atoms with Crippen molar-refractivity contribution >= 4 is 34.7 Å². The first-order valence-corrected chi connectivity index (χ1v) is 12.3. The van der Waals surface area contributed by atoms with E-state index in [0.29, 0.717) is 28.7 Å². The molecule has 1 aliphatic heterocycles. The number of thiazole rings is 1. The predicted molar refractivity (Wildman–Crippen MR) is 120 cm³/mol. The molecule has 2 bridgehead atoms. The van der Waals surface area contributed by atoms with Crippen LogP contribution in [-0.4, -0.2) is 20.8 Å². The average molecular weight is 455 g/mol. The number of furan rings is 1. The average Bonchev–Trinajstić information content (AvgIpc) is 3.54. The zero-order valence-electron chi connectivity index (χ0n) is 16.7. The summed E-state index contributed by atoms with van der Waals surface area (Å²) in [5.74, 6) is 2.80. The second kappa shape index (κ2) is 7.31. The van der Waals surface area contributed by atoms with E-state index in [1.807, 2.05) is 23.9 Å². The number of carbonyl (C=O) groups is 1. The van der Waals surface area contributed by atoms with Crippen LogP contribution in [0, 0.1) is 17.8 Å². The minimum Gasteiger partial charge on any atom is -0.508 e. The van der Waals surface area contributed by atoms with Crippen LogP contribution in [0.1, 0.15) is 35.8 Å². The van der Waals surface area contributed by atoms with E-state index in [4.69, 9.17) is 4.42 Å². The first-order valence-electron chi connectivity index (χ1n) is 10.6. The van der Waals surface area contributed by atoms with Gasteiger partial charge in [0.15, 0.2) is 0 Å². The Bertz CT molecular complexity index is 1180. The number of hydrogen-bond acceptors (Lipinski definition) is 6. The first-order chi connectivity index (χ1) is 15.1. The summed E-state index contributed by atoms with van der Waals surface area (Å²) in [5, 5.41) is 13.7. The Labute approximate surface area is 187 Å². The Kier molecular flexibility index (Phi) is 4.54. The highest BCUT2D eigenvalue weighted by molar-refractivity contribution is 8.00. The van der Waals surface area contributed by atoms with Crippen molar-refractivity contribution in [3.05, 3.63) is 63.0 Å². The Morgan fingerprint density at radius 1 is 1.19 bits per heavy atom. The molecule has 3 aromatic rings. The molecule has 0 saturated heterocycles. The highest BCUT2D eigenvalue weighted by Crippen LogP contribution is 2.64. The lowest BCUT2D eigenvalue weighted by Crippen LogP contribution is -2.34. The smallest absolute Gasteiger partial charge is 0.308 e. The van der Waals surface area contributed by atoms with E-state index in [1.165, 1.54) is 42.7 Å². The quantitative estimate of drug-likeness (QED) is 0.567. The second-order valence-electron chi connectivity index (χ2n) is 8.70. The molecule has 1 aromatic carbocycles. The van der Waals surface area contributed by atoms with Gasteiger partial charge in [-0.25, -0.2) is 0 Å². The number of amides is 1. The molecule has 8 heteroatoms. The van der Waals surface area contributed by atoms with Gasteiger partial charge in [0.05, 0.1) is 22.1 Å². The van der Waals surface area contributed by atoms with Crippen LogP contribution < -0.4 is 10.2 Å². The van der Waals surface area contributed by atoms with Crippen LogP contribution in [0.4, 0.5) is 5.69 Å². The SMILES string of the molecule is O=C(Cn1c2c(sc1=O)[C@@H](c1ccco1)[C@@H]1[C@H]3CC[C@@H](C3)[C@H]1S2)Nc1ccc(O)cc1. The molecular formula is C23H22N2O4S2. The summed E-state index contributed by atoms with van der Waals surface area (Å²) in [6.07, 6.45) is 5.50. The largest absolute Gasteiger partial charge is 0.508 e. The molecule has 0 spiro atoms. The molecule has 1 amide bonds. The van der Waals surface area contributed by atoms with Gasteiger partial charge in [0.1, 0.15) is 18.1 Å². The highest BCUT2D eigenvalue weighted by atomic mass is 32.2. The molecule has 2 aliphatic carbocycles. The second-order valence-corrected chi connectivity index (χ2v) is 10.9. The van der Waals surface area contributed by atoms with Gasteiger partial charge in [0.25, 0.3) is 0 Å². The Morgan fingerprint density at radius 3 is 2.77 bits per heavy atom. The van der Waals surface area contributed by atoms with E-state index in [1.54, 1.807) is 23.0 Å². The minimum absolute atomic E-state index is 0.0189. The molecule has 6 rings (SSSR count). The minimum atomic E-state index is -0.251. The number of anilines is 1. The number of aromatic hydroxyl groups is 1. The lowest BCUT2D eigenvalue weighted by atomic mass is 9.77. The number of phenolic OH excluding ortho intramolecular Hbond substituents is 1. The number of benzene rings is 1. The number of phenols is 1.